The van der Waals surface area contributed by atoms with E-state index in [9.17, 15) is 14.7 Å². The molecule has 9 heteroatoms. The van der Waals surface area contributed by atoms with E-state index in [0.29, 0.717) is 28.4 Å². The van der Waals surface area contributed by atoms with E-state index >= 15 is 0 Å². The summed E-state index contributed by atoms with van der Waals surface area (Å²) in [7, 11) is 4.34. The molecule has 0 atom stereocenters. The monoisotopic (exact) mass is 401 g/mol. The zero-order chi connectivity index (χ0) is 21.4. The van der Waals surface area contributed by atoms with Gasteiger partial charge in [0.2, 0.25) is 5.75 Å². The third kappa shape index (κ3) is 5.38. The average Bonchev–Trinajstić information content (AvgIpc) is 2.73. The van der Waals surface area contributed by atoms with E-state index < -0.39 is 11.8 Å². The van der Waals surface area contributed by atoms with Crippen molar-refractivity contribution in [2.45, 2.75) is 6.92 Å². The van der Waals surface area contributed by atoms with Crippen molar-refractivity contribution in [3.05, 3.63) is 47.0 Å². The maximum Gasteiger partial charge on any atom is 0.259 e. The van der Waals surface area contributed by atoms with Gasteiger partial charge in [0, 0.05) is 11.1 Å². The van der Waals surface area contributed by atoms with E-state index in [2.05, 4.69) is 15.8 Å². The van der Waals surface area contributed by atoms with Crippen molar-refractivity contribution >= 4 is 18.0 Å². The van der Waals surface area contributed by atoms with Crippen LogP contribution in [0.15, 0.2) is 35.4 Å². The average molecular weight is 401 g/mol. The van der Waals surface area contributed by atoms with Crippen molar-refractivity contribution in [1.82, 2.24) is 10.7 Å². The molecule has 0 saturated heterocycles. The lowest BCUT2D eigenvalue weighted by Crippen LogP contribution is -2.34. The van der Waals surface area contributed by atoms with E-state index in [1.807, 2.05) is 0 Å². The first-order valence-electron chi connectivity index (χ1n) is 8.60. The first kappa shape index (κ1) is 21.5. The second-order valence-corrected chi connectivity index (χ2v) is 5.90. The number of carbonyl (C=O) groups is 2. The number of nitrogens with one attached hydrogen (secondary N) is 2. The van der Waals surface area contributed by atoms with Gasteiger partial charge < -0.3 is 24.6 Å². The summed E-state index contributed by atoms with van der Waals surface area (Å²) in [6, 6.07) is 8.13. The smallest absolute Gasteiger partial charge is 0.259 e. The molecule has 3 N–H and O–H groups in total. The summed E-state index contributed by atoms with van der Waals surface area (Å²) in [5, 5.41) is 16.2. The summed E-state index contributed by atoms with van der Waals surface area (Å²) in [5.74, 6) is 0.0566. The Morgan fingerprint density at radius 3 is 2.34 bits per heavy atom. The molecule has 0 aromatic heterocycles. The van der Waals surface area contributed by atoms with Gasteiger partial charge in [0.15, 0.2) is 11.5 Å². The Labute approximate surface area is 168 Å². The molecule has 0 spiro atoms. The fourth-order valence-corrected chi connectivity index (χ4v) is 2.47. The van der Waals surface area contributed by atoms with Crippen LogP contribution in [0.2, 0.25) is 0 Å². The fourth-order valence-electron chi connectivity index (χ4n) is 2.47. The Balaban J connectivity index is 1.97. The Morgan fingerprint density at radius 2 is 1.76 bits per heavy atom. The molecule has 0 fully saturated rings. The molecule has 0 heterocycles. The van der Waals surface area contributed by atoms with Gasteiger partial charge in [-0.15, -0.1) is 0 Å². The van der Waals surface area contributed by atoms with Crippen LogP contribution in [0, 0.1) is 6.92 Å². The summed E-state index contributed by atoms with van der Waals surface area (Å²) < 4.78 is 15.6. The van der Waals surface area contributed by atoms with Crippen molar-refractivity contribution in [2.75, 3.05) is 27.9 Å². The van der Waals surface area contributed by atoms with Gasteiger partial charge in [-0.2, -0.15) is 5.10 Å². The molecular formula is C20H23N3O6. The highest BCUT2D eigenvalue weighted by Crippen LogP contribution is 2.38. The van der Waals surface area contributed by atoms with Crippen LogP contribution in [0.1, 0.15) is 21.5 Å². The molecule has 2 amide bonds. The largest absolute Gasteiger partial charge is 0.507 e. The molecule has 29 heavy (non-hydrogen) atoms. The summed E-state index contributed by atoms with van der Waals surface area (Å²) >= 11 is 0. The van der Waals surface area contributed by atoms with Gasteiger partial charge in [-0.1, -0.05) is 12.1 Å². The predicted octanol–water partition coefficient (Wildman–Crippen LogP) is 1.61. The van der Waals surface area contributed by atoms with E-state index in [4.69, 9.17) is 14.2 Å². The van der Waals surface area contributed by atoms with Crippen LogP contribution < -0.4 is 25.0 Å². The van der Waals surface area contributed by atoms with E-state index in [0.717, 1.165) is 0 Å². The third-order valence-electron chi connectivity index (χ3n) is 4.00. The second kappa shape index (κ2) is 9.98. The number of carbonyl (C=O) groups excluding carboxylic acids is 2. The number of phenols is 1. The van der Waals surface area contributed by atoms with Crippen molar-refractivity contribution in [3.8, 4) is 23.0 Å². The number of rotatable bonds is 8. The summed E-state index contributed by atoms with van der Waals surface area (Å²) in [4.78, 5) is 24.2. The van der Waals surface area contributed by atoms with E-state index in [-0.39, 0.29) is 17.9 Å². The maximum absolute atomic E-state index is 12.3. The van der Waals surface area contributed by atoms with Crippen LogP contribution in [0.3, 0.4) is 0 Å². The van der Waals surface area contributed by atoms with Crippen LogP contribution in [-0.4, -0.2) is 51.0 Å². The SMILES string of the molecule is COc1cc(C(=O)NCC(=O)N/N=C\c2cccc(C)c2O)cc(OC)c1OC. The summed E-state index contributed by atoms with van der Waals surface area (Å²) in [6.45, 7) is 1.45. The lowest BCUT2D eigenvalue weighted by atomic mass is 10.1. The van der Waals surface area contributed by atoms with Gasteiger partial charge in [0.25, 0.3) is 11.8 Å². The minimum atomic E-state index is -0.533. The first-order valence-corrected chi connectivity index (χ1v) is 8.60. The number of aryl methyl sites for hydroxylation is 1. The summed E-state index contributed by atoms with van der Waals surface area (Å²) in [5.41, 5.74) is 3.68. The van der Waals surface area contributed by atoms with Crippen molar-refractivity contribution in [1.29, 1.82) is 0 Å². The standard InChI is InChI=1S/C20H23N3O6/c1-12-6-5-7-13(18(12)25)10-22-23-17(24)11-21-20(26)14-8-15(27-2)19(29-4)16(9-14)28-3/h5-10,25H,11H2,1-4H3,(H,21,26)(H,23,24)/b22-10-. The molecule has 2 rings (SSSR count). The zero-order valence-corrected chi connectivity index (χ0v) is 16.6. The molecule has 2 aromatic carbocycles. The number of hydrazone groups is 1. The number of para-hydroxylation sites is 1. The van der Waals surface area contributed by atoms with Gasteiger partial charge in [0.05, 0.1) is 34.1 Å². The number of aromatic hydroxyl groups is 1. The predicted molar refractivity (Wildman–Crippen MR) is 107 cm³/mol. The Kier molecular flexibility index (Phi) is 7.41. The van der Waals surface area contributed by atoms with Crippen LogP contribution in [0.5, 0.6) is 23.0 Å². The van der Waals surface area contributed by atoms with Gasteiger partial charge in [-0.3, -0.25) is 9.59 Å². The molecule has 0 unspecified atom stereocenters. The van der Waals surface area contributed by atoms with Crippen LogP contribution in [0.25, 0.3) is 0 Å². The van der Waals surface area contributed by atoms with Crippen LogP contribution in [0.4, 0.5) is 0 Å². The minimum Gasteiger partial charge on any atom is -0.507 e. The topological polar surface area (TPSA) is 118 Å². The Hall–Kier alpha value is -3.75. The second-order valence-electron chi connectivity index (χ2n) is 5.90. The van der Waals surface area contributed by atoms with Crippen molar-refractivity contribution in [2.24, 2.45) is 5.10 Å². The molecule has 0 saturated carbocycles. The van der Waals surface area contributed by atoms with Gasteiger partial charge in [0.1, 0.15) is 5.75 Å². The highest BCUT2D eigenvalue weighted by molar-refractivity contribution is 5.97. The fraction of sp³-hybridized carbons (Fsp3) is 0.250. The molecule has 9 nitrogen and oxygen atoms in total. The number of hydrogen-bond acceptors (Lipinski definition) is 7. The lowest BCUT2D eigenvalue weighted by molar-refractivity contribution is -0.120. The van der Waals surface area contributed by atoms with Crippen molar-refractivity contribution in [3.63, 3.8) is 0 Å². The third-order valence-corrected chi connectivity index (χ3v) is 4.00. The molecule has 0 aliphatic rings. The number of nitrogens with zero attached hydrogens (tertiary/aromatic N) is 1. The van der Waals surface area contributed by atoms with Crippen LogP contribution >= 0.6 is 0 Å². The summed E-state index contributed by atoms with van der Waals surface area (Å²) in [6.07, 6.45) is 1.32. The zero-order valence-electron chi connectivity index (χ0n) is 16.6. The maximum atomic E-state index is 12.3. The lowest BCUT2D eigenvalue weighted by Gasteiger charge is -2.14. The van der Waals surface area contributed by atoms with Gasteiger partial charge >= 0.3 is 0 Å². The first-order chi connectivity index (χ1) is 13.9. The highest BCUT2D eigenvalue weighted by atomic mass is 16.5. The molecule has 0 radical (unpaired) electrons. The quantitative estimate of drug-likeness (QED) is 0.457. The van der Waals surface area contributed by atoms with E-state index in [1.165, 1.54) is 39.7 Å². The van der Waals surface area contributed by atoms with Gasteiger partial charge in [-0.25, -0.2) is 5.43 Å². The van der Waals surface area contributed by atoms with Crippen molar-refractivity contribution < 1.29 is 28.9 Å². The number of hydrogen-bond donors (Lipinski definition) is 3. The molecule has 2 aromatic rings. The number of phenolic OH excluding ortho intramolecular Hbond substituents is 1. The van der Waals surface area contributed by atoms with E-state index in [1.54, 1.807) is 25.1 Å². The van der Waals surface area contributed by atoms with Gasteiger partial charge in [-0.05, 0) is 30.7 Å². The minimum absolute atomic E-state index is 0.0844. The molecule has 154 valence electrons. The number of methoxy groups -OCH3 is 3. The number of benzene rings is 2. The highest BCUT2D eigenvalue weighted by Gasteiger charge is 2.17. The Morgan fingerprint density at radius 1 is 1.10 bits per heavy atom. The normalized spacial score (nSPS) is 10.5. The number of amides is 2. The number of ether oxygens (including phenoxy) is 3. The molecule has 0 aliphatic heterocycles. The Bertz CT molecular complexity index is 901. The molecule has 0 bridgehead atoms. The molecular weight excluding hydrogens is 378 g/mol. The molecule has 0 aliphatic carbocycles. The van der Waals surface area contributed by atoms with Crippen LogP contribution in [-0.2, 0) is 4.79 Å².